The molecule has 0 saturated carbocycles. The summed E-state index contributed by atoms with van der Waals surface area (Å²) < 4.78 is 15.1. The first kappa shape index (κ1) is 10.8. The lowest BCUT2D eigenvalue weighted by Crippen LogP contribution is -2.07. The van der Waals surface area contributed by atoms with Crippen molar-refractivity contribution >= 4 is 0 Å². The van der Waals surface area contributed by atoms with Crippen LogP contribution in [-0.4, -0.2) is 21.5 Å². The third-order valence-electron chi connectivity index (χ3n) is 2.34. The van der Waals surface area contributed by atoms with Crippen molar-refractivity contribution in [2.75, 3.05) is 6.54 Å². The van der Waals surface area contributed by atoms with Gasteiger partial charge in [0.2, 0.25) is 0 Å². The molecule has 0 saturated heterocycles. The SMILES string of the molecule is NCCCc1cnnn1-c1ccccc1F. The highest BCUT2D eigenvalue weighted by Gasteiger charge is 2.09. The van der Waals surface area contributed by atoms with E-state index >= 15 is 0 Å². The van der Waals surface area contributed by atoms with Crippen molar-refractivity contribution in [1.29, 1.82) is 0 Å². The molecular formula is C11H13FN4. The van der Waals surface area contributed by atoms with Crippen molar-refractivity contribution < 1.29 is 4.39 Å². The van der Waals surface area contributed by atoms with Crippen LogP contribution in [0.2, 0.25) is 0 Å². The van der Waals surface area contributed by atoms with Crippen molar-refractivity contribution in [2.45, 2.75) is 12.8 Å². The number of hydrogen-bond donors (Lipinski definition) is 1. The van der Waals surface area contributed by atoms with Crippen molar-refractivity contribution in [2.24, 2.45) is 5.73 Å². The lowest BCUT2D eigenvalue weighted by molar-refractivity contribution is 0.600. The van der Waals surface area contributed by atoms with E-state index in [9.17, 15) is 4.39 Å². The fraction of sp³-hybridized carbons (Fsp3) is 0.273. The van der Waals surface area contributed by atoms with Crippen LogP contribution in [0.3, 0.4) is 0 Å². The Balaban J connectivity index is 2.33. The molecule has 2 rings (SSSR count). The summed E-state index contributed by atoms with van der Waals surface area (Å²) in [7, 11) is 0. The van der Waals surface area contributed by atoms with E-state index in [1.807, 2.05) is 0 Å². The molecule has 5 heteroatoms. The molecule has 0 atom stereocenters. The molecule has 0 unspecified atom stereocenters. The molecule has 2 N–H and O–H groups in total. The van der Waals surface area contributed by atoms with Gasteiger partial charge in [0.1, 0.15) is 11.5 Å². The average molecular weight is 220 g/mol. The molecule has 0 aliphatic heterocycles. The minimum atomic E-state index is -0.304. The number of aryl methyl sites for hydroxylation is 1. The Labute approximate surface area is 92.9 Å². The predicted octanol–water partition coefficient (Wildman–Crippen LogP) is 1.30. The van der Waals surface area contributed by atoms with Crippen molar-refractivity contribution in [3.8, 4) is 5.69 Å². The number of halogens is 1. The molecule has 2 aromatic rings. The molecule has 0 spiro atoms. The summed E-state index contributed by atoms with van der Waals surface area (Å²) in [4.78, 5) is 0. The Hall–Kier alpha value is -1.75. The van der Waals surface area contributed by atoms with Gasteiger partial charge < -0.3 is 5.73 Å². The molecule has 84 valence electrons. The Bertz CT molecular complexity index is 467. The van der Waals surface area contributed by atoms with Crippen LogP contribution in [0.1, 0.15) is 12.1 Å². The van der Waals surface area contributed by atoms with E-state index in [1.165, 1.54) is 10.7 Å². The van der Waals surface area contributed by atoms with Gasteiger partial charge in [-0.25, -0.2) is 9.07 Å². The summed E-state index contributed by atoms with van der Waals surface area (Å²) in [6.45, 7) is 0.600. The summed E-state index contributed by atoms with van der Waals surface area (Å²) in [5, 5.41) is 7.68. The minimum absolute atomic E-state index is 0.304. The highest BCUT2D eigenvalue weighted by molar-refractivity contribution is 5.33. The van der Waals surface area contributed by atoms with Crippen molar-refractivity contribution in [3.05, 3.63) is 42.0 Å². The third-order valence-corrected chi connectivity index (χ3v) is 2.34. The second-order valence-electron chi connectivity index (χ2n) is 3.48. The van der Waals surface area contributed by atoms with Gasteiger partial charge in [0.15, 0.2) is 0 Å². The van der Waals surface area contributed by atoms with Gasteiger partial charge in [-0.05, 0) is 31.5 Å². The van der Waals surface area contributed by atoms with Crippen LogP contribution >= 0.6 is 0 Å². The molecule has 0 fully saturated rings. The molecule has 1 aromatic carbocycles. The van der Waals surface area contributed by atoms with E-state index < -0.39 is 0 Å². The zero-order chi connectivity index (χ0) is 11.4. The quantitative estimate of drug-likeness (QED) is 0.844. The van der Waals surface area contributed by atoms with E-state index in [2.05, 4.69) is 10.3 Å². The number of aromatic nitrogens is 3. The van der Waals surface area contributed by atoms with Crippen LogP contribution in [0.15, 0.2) is 30.5 Å². The van der Waals surface area contributed by atoms with Gasteiger partial charge in [0.05, 0.1) is 11.9 Å². The molecule has 0 amide bonds. The lowest BCUT2D eigenvalue weighted by atomic mass is 10.2. The van der Waals surface area contributed by atoms with E-state index in [4.69, 9.17) is 5.73 Å². The Morgan fingerprint density at radius 3 is 2.88 bits per heavy atom. The van der Waals surface area contributed by atoms with Crippen LogP contribution in [0.5, 0.6) is 0 Å². The number of nitrogens with two attached hydrogens (primary N) is 1. The fourth-order valence-electron chi connectivity index (χ4n) is 1.54. The summed E-state index contributed by atoms with van der Waals surface area (Å²) >= 11 is 0. The first-order valence-electron chi connectivity index (χ1n) is 5.17. The maximum atomic E-state index is 13.5. The molecular weight excluding hydrogens is 207 g/mol. The highest BCUT2D eigenvalue weighted by Crippen LogP contribution is 2.14. The van der Waals surface area contributed by atoms with E-state index in [-0.39, 0.29) is 5.82 Å². The minimum Gasteiger partial charge on any atom is -0.330 e. The van der Waals surface area contributed by atoms with Crippen LogP contribution in [0.25, 0.3) is 5.69 Å². The molecule has 1 aromatic heterocycles. The monoisotopic (exact) mass is 220 g/mol. The lowest BCUT2D eigenvalue weighted by Gasteiger charge is -2.06. The molecule has 16 heavy (non-hydrogen) atoms. The fourth-order valence-corrected chi connectivity index (χ4v) is 1.54. The van der Waals surface area contributed by atoms with Crippen LogP contribution < -0.4 is 5.73 Å². The summed E-state index contributed by atoms with van der Waals surface area (Å²) in [5.74, 6) is -0.304. The number of hydrogen-bond acceptors (Lipinski definition) is 3. The first-order chi connectivity index (χ1) is 7.83. The van der Waals surface area contributed by atoms with E-state index in [0.717, 1.165) is 18.5 Å². The smallest absolute Gasteiger partial charge is 0.148 e. The molecule has 0 radical (unpaired) electrons. The van der Waals surface area contributed by atoms with Gasteiger partial charge in [0, 0.05) is 0 Å². The Morgan fingerprint density at radius 2 is 2.12 bits per heavy atom. The standard InChI is InChI=1S/C11H13FN4/c12-10-5-1-2-6-11(10)16-9(4-3-7-13)8-14-15-16/h1-2,5-6,8H,3-4,7,13H2. The van der Waals surface area contributed by atoms with Gasteiger partial charge in [-0.2, -0.15) is 0 Å². The largest absolute Gasteiger partial charge is 0.330 e. The zero-order valence-electron chi connectivity index (χ0n) is 8.81. The van der Waals surface area contributed by atoms with Crippen LogP contribution in [0.4, 0.5) is 4.39 Å². The second kappa shape index (κ2) is 4.85. The molecule has 0 aliphatic carbocycles. The predicted molar refractivity (Wildman–Crippen MR) is 58.7 cm³/mol. The number of para-hydroxylation sites is 1. The van der Waals surface area contributed by atoms with Gasteiger partial charge >= 0.3 is 0 Å². The van der Waals surface area contributed by atoms with Gasteiger partial charge in [0.25, 0.3) is 0 Å². The average Bonchev–Trinajstić information content (AvgIpc) is 2.75. The first-order valence-corrected chi connectivity index (χ1v) is 5.17. The van der Waals surface area contributed by atoms with Crippen LogP contribution in [-0.2, 0) is 6.42 Å². The molecule has 0 aliphatic rings. The highest BCUT2D eigenvalue weighted by atomic mass is 19.1. The molecule has 4 nitrogen and oxygen atoms in total. The topological polar surface area (TPSA) is 56.7 Å². The van der Waals surface area contributed by atoms with E-state index in [1.54, 1.807) is 24.4 Å². The summed E-state index contributed by atoms with van der Waals surface area (Å²) in [6, 6.07) is 6.50. The Kier molecular flexibility index (Phi) is 3.26. The van der Waals surface area contributed by atoms with Crippen LogP contribution in [0, 0.1) is 5.82 Å². The molecule has 0 bridgehead atoms. The third kappa shape index (κ3) is 2.09. The Morgan fingerprint density at radius 1 is 1.31 bits per heavy atom. The maximum absolute atomic E-state index is 13.5. The number of nitrogens with zero attached hydrogens (tertiary/aromatic N) is 3. The van der Waals surface area contributed by atoms with Gasteiger partial charge in [-0.15, -0.1) is 5.10 Å². The molecule has 1 heterocycles. The summed E-state index contributed by atoms with van der Waals surface area (Å²) in [6.07, 6.45) is 3.22. The second-order valence-corrected chi connectivity index (χ2v) is 3.48. The number of benzene rings is 1. The van der Waals surface area contributed by atoms with Crippen molar-refractivity contribution in [1.82, 2.24) is 15.0 Å². The number of rotatable bonds is 4. The van der Waals surface area contributed by atoms with Gasteiger partial charge in [-0.3, -0.25) is 0 Å². The zero-order valence-corrected chi connectivity index (χ0v) is 8.81. The normalized spacial score (nSPS) is 10.6. The maximum Gasteiger partial charge on any atom is 0.148 e. The van der Waals surface area contributed by atoms with Gasteiger partial charge in [-0.1, -0.05) is 17.3 Å². The van der Waals surface area contributed by atoms with Crippen molar-refractivity contribution in [3.63, 3.8) is 0 Å². The summed E-state index contributed by atoms with van der Waals surface area (Å²) in [5.41, 5.74) is 6.73. The van der Waals surface area contributed by atoms with E-state index in [0.29, 0.717) is 12.2 Å².